The molecule has 1 aromatic heterocycles. The van der Waals surface area contributed by atoms with Crippen molar-refractivity contribution in [3.8, 4) is 0 Å². The predicted octanol–water partition coefficient (Wildman–Crippen LogP) is 1.75. The molecule has 2 aliphatic rings. The fourth-order valence-electron chi connectivity index (χ4n) is 2.99. The summed E-state index contributed by atoms with van der Waals surface area (Å²) in [5.41, 5.74) is 0. The average Bonchev–Trinajstić information content (AvgIpc) is 2.80. The van der Waals surface area contributed by atoms with Crippen molar-refractivity contribution in [2.45, 2.75) is 38.6 Å². The van der Waals surface area contributed by atoms with Gasteiger partial charge in [0.25, 0.3) is 0 Å². The van der Waals surface area contributed by atoms with Gasteiger partial charge in [-0.25, -0.2) is 4.79 Å². The lowest BCUT2D eigenvalue weighted by Gasteiger charge is -2.35. The number of carbonyl (C=O) groups is 1. The molecule has 0 saturated carbocycles. The Labute approximate surface area is 124 Å². The second-order valence-corrected chi connectivity index (χ2v) is 5.61. The zero-order chi connectivity index (χ0) is 14.7. The van der Waals surface area contributed by atoms with E-state index in [1.807, 2.05) is 9.80 Å². The standard InChI is InChI=1S/C14H22N4O3/c1-11-15-13(16-21-11)12-5-3-2-4-6-18(12)14(19)17-7-9-20-10-8-17/h12H,2-10H2,1H3. The maximum absolute atomic E-state index is 12.8. The first kappa shape index (κ1) is 14.3. The monoisotopic (exact) mass is 294 g/mol. The minimum atomic E-state index is -0.0692. The fraction of sp³-hybridized carbons (Fsp3) is 0.786. The number of rotatable bonds is 1. The molecule has 0 aliphatic carbocycles. The summed E-state index contributed by atoms with van der Waals surface area (Å²) in [5.74, 6) is 1.18. The van der Waals surface area contributed by atoms with Gasteiger partial charge < -0.3 is 19.1 Å². The number of likely N-dealkylation sites (tertiary alicyclic amines) is 1. The van der Waals surface area contributed by atoms with Crippen LogP contribution in [0.2, 0.25) is 0 Å². The van der Waals surface area contributed by atoms with Crippen LogP contribution in [-0.2, 0) is 4.74 Å². The van der Waals surface area contributed by atoms with Crippen molar-refractivity contribution in [1.82, 2.24) is 19.9 Å². The molecule has 0 radical (unpaired) electrons. The number of ether oxygens (including phenoxy) is 1. The minimum absolute atomic E-state index is 0.0692. The number of urea groups is 1. The van der Waals surface area contributed by atoms with E-state index in [1.54, 1.807) is 6.92 Å². The highest BCUT2D eigenvalue weighted by Gasteiger charge is 2.33. The normalized spacial score (nSPS) is 24.0. The molecule has 0 N–H and O–H groups in total. The van der Waals surface area contributed by atoms with Crippen LogP contribution in [0.3, 0.4) is 0 Å². The van der Waals surface area contributed by atoms with Crippen molar-refractivity contribution in [2.75, 3.05) is 32.8 Å². The first-order valence-electron chi connectivity index (χ1n) is 7.69. The quantitative estimate of drug-likeness (QED) is 0.789. The highest BCUT2D eigenvalue weighted by Crippen LogP contribution is 2.29. The van der Waals surface area contributed by atoms with Gasteiger partial charge in [0.1, 0.15) is 0 Å². The first-order valence-corrected chi connectivity index (χ1v) is 7.69. The summed E-state index contributed by atoms with van der Waals surface area (Å²) in [6.45, 7) is 5.09. The van der Waals surface area contributed by atoms with Crippen LogP contribution in [0.15, 0.2) is 4.52 Å². The molecule has 0 bridgehead atoms. The molecular formula is C14H22N4O3. The molecule has 3 rings (SSSR count). The number of nitrogens with zero attached hydrogens (tertiary/aromatic N) is 4. The molecule has 2 amide bonds. The third-order valence-corrected chi connectivity index (χ3v) is 4.12. The zero-order valence-electron chi connectivity index (χ0n) is 12.5. The number of hydrogen-bond donors (Lipinski definition) is 0. The van der Waals surface area contributed by atoms with Crippen molar-refractivity contribution >= 4 is 6.03 Å². The predicted molar refractivity (Wildman–Crippen MR) is 74.7 cm³/mol. The van der Waals surface area contributed by atoms with E-state index in [0.29, 0.717) is 38.0 Å². The molecule has 2 aliphatic heterocycles. The molecule has 1 unspecified atom stereocenters. The van der Waals surface area contributed by atoms with Gasteiger partial charge in [-0.05, 0) is 12.8 Å². The van der Waals surface area contributed by atoms with Gasteiger partial charge in [0.15, 0.2) is 5.82 Å². The van der Waals surface area contributed by atoms with Gasteiger partial charge in [0.2, 0.25) is 5.89 Å². The molecule has 3 heterocycles. The van der Waals surface area contributed by atoms with Crippen LogP contribution in [0.4, 0.5) is 4.79 Å². The Hall–Kier alpha value is -1.63. The number of aromatic nitrogens is 2. The SMILES string of the molecule is Cc1nc(C2CCCCCN2C(=O)N2CCOCC2)no1. The van der Waals surface area contributed by atoms with Crippen LogP contribution >= 0.6 is 0 Å². The number of carbonyl (C=O) groups excluding carboxylic acids is 1. The van der Waals surface area contributed by atoms with E-state index in [1.165, 1.54) is 0 Å². The van der Waals surface area contributed by atoms with E-state index in [2.05, 4.69) is 10.1 Å². The maximum Gasteiger partial charge on any atom is 0.320 e. The smallest absolute Gasteiger partial charge is 0.320 e. The number of morpholine rings is 1. The molecule has 7 heteroatoms. The Morgan fingerprint density at radius 1 is 1.19 bits per heavy atom. The summed E-state index contributed by atoms with van der Waals surface area (Å²) >= 11 is 0. The van der Waals surface area contributed by atoms with E-state index in [4.69, 9.17) is 9.26 Å². The van der Waals surface area contributed by atoms with E-state index < -0.39 is 0 Å². The molecule has 116 valence electrons. The fourth-order valence-corrected chi connectivity index (χ4v) is 2.99. The molecular weight excluding hydrogens is 272 g/mol. The summed E-state index contributed by atoms with van der Waals surface area (Å²) in [7, 11) is 0. The van der Waals surface area contributed by atoms with Crippen LogP contribution in [0, 0.1) is 6.92 Å². The molecule has 0 spiro atoms. The van der Waals surface area contributed by atoms with Gasteiger partial charge >= 0.3 is 6.03 Å². The van der Waals surface area contributed by atoms with Crippen LogP contribution in [0.1, 0.15) is 43.4 Å². The second kappa shape index (κ2) is 6.43. The highest BCUT2D eigenvalue weighted by molar-refractivity contribution is 5.75. The zero-order valence-corrected chi connectivity index (χ0v) is 12.5. The van der Waals surface area contributed by atoms with Crippen molar-refractivity contribution in [3.05, 3.63) is 11.7 Å². The molecule has 2 fully saturated rings. The van der Waals surface area contributed by atoms with E-state index in [0.717, 1.165) is 32.2 Å². The third-order valence-electron chi connectivity index (χ3n) is 4.12. The largest absolute Gasteiger partial charge is 0.378 e. The third kappa shape index (κ3) is 3.18. The Bertz CT molecular complexity index is 484. The highest BCUT2D eigenvalue weighted by atomic mass is 16.5. The molecule has 1 atom stereocenters. The van der Waals surface area contributed by atoms with E-state index in [-0.39, 0.29) is 12.1 Å². The summed E-state index contributed by atoms with van der Waals surface area (Å²) < 4.78 is 10.4. The summed E-state index contributed by atoms with van der Waals surface area (Å²) in [6.07, 6.45) is 4.16. The lowest BCUT2D eigenvalue weighted by molar-refractivity contribution is 0.0387. The van der Waals surface area contributed by atoms with Gasteiger partial charge in [0.05, 0.1) is 19.3 Å². The Balaban J connectivity index is 1.79. The molecule has 21 heavy (non-hydrogen) atoms. The topological polar surface area (TPSA) is 71.7 Å². The Kier molecular flexibility index (Phi) is 4.38. The van der Waals surface area contributed by atoms with Gasteiger partial charge in [-0.3, -0.25) is 0 Å². The molecule has 2 saturated heterocycles. The van der Waals surface area contributed by atoms with Gasteiger partial charge in [-0.2, -0.15) is 4.98 Å². The minimum Gasteiger partial charge on any atom is -0.378 e. The van der Waals surface area contributed by atoms with Crippen LogP contribution in [0.5, 0.6) is 0 Å². The van der Waals surface area contributed by atoms with Gasteiger partial charge in [-0.1, -0.05) is 18.0 Å². The first-order chi connectivity index (χ1) is 10.3. The van der Waals surface area contributed by atoms with Crippen LogP contribution in [0.25, 0.3) is 0 Å². The van der Waals surface area contributed by atoms with Crippen LogP contribution in [-0.4, -0.2) is 58.8 Å². The maximum atomic E-state index is 12.8. The van der Waals surface area contributed by atoms with E-state index >= 15 is 0 Å². The second-order valence-electron chi connectivity index (χ2n) is 5.61. The number of hydrogen-bond acceptors (Lipinski definition) is 5. The summed E-state index contributed by atoms with van der Waals surface area (Å²) in [4.78, 5) is 20.9. The van der Waals surface area contributed by atoms with E-state index in [9.17, 15) is 4.79 Å². The van der Waals surface area contributed by atoms with Crippen molar-refractivity contribution in [2.24, 2.45) is 0 Å². The molecule has 1 aromatic rings. The van der Waals surface area contributed by atoms with Crippen molar-refractivity contribution in [1.29, 1.82) is 0 Å². The Morgan fingerprint density at radius 2 is 2.00 bits per heavy atom. The number of aryl methyl sites for hydroxylation is 1. The lowest BCUT2D eigenvalue weighted by Crippen LogP contribution is -2.49. The molecule has 0 aromatic carbocycles. The number of amides is 2. The average molecular weight is 294 g/mol. The molecule has 7 nitrogen and oxygen atoms in total. The lowest BCUT2D eigenvalue weighted by atomic mass is 10.1. The Morgan fingerprint density at radius 3 is 2.71 bits per heavy atom. The van der Waals surface area contributed by atoms with Crippen molar-refractivity contribution in [3.63, 3.8) is 0 Å². The summed E-state index contributed by atoms with van der Waals surface area (Å²) in [6, 6.07) is 0.00736. The summed E-state index contributed by atoms with van der Waals surface area (Å²) in [5, 5.41) is 4.04. The van der Waals surface area contributed by atoms with Gasteiger partial charge in [-0.15, -0.1) is 0 Å². The van der Waals surface area contributed by atoms with Crippen molar-refractivity contribution < 1.29 is 14.1 Å². The van der Waals surface area contributed by atoms with Gasteiger partial charge in [0, 0.05) is 26.6 Å². The van der Waals surface area contributed by atoms with Crippen LogP contribution < -0.4 is 0 Å².